The zero-order valence-corrected chi connectivity index (χ0v) is 15.3. The van der Waals surface area contributed by atoms with E-state index in [1.807, 2.05) is 36.4 Å². The molecule has 0 atom stereocenters. The number of benzene rings is 3. The summed E-state index contributed by atoms with van der Waals surface area (Å²) in [7, 11) is 0. The predicted molar refractivity (Wildman–Crippen MR) is 112 cm³/mol. The minimum atomic E-state index is 0.488. The van der Waals surface area contributed by atoms with Crippen LogP contribution < -0.4 is 15.9 Å². The van der Waals surface area contributed by atoms with Crippen molar-refractivity contribution in [3.8, 4) is 5.75 Å². The number of hydrogen-bond acceptors (Lipinski definition) is 6. The van der Waals surface area contributed by atoms with Gasteiger partial charge in [-0.3, -0.25) is 5.43 Å². The molecule has 1 heterocycles. The normalized spacial score (nSPS) is 11.1. The molecule has 0 aliphatic carbocycles. The molecule has 0 aliphatic rings. The molecule has 4 rings (SSSR count). The van der Waals surface area contributed by atoms with Crippen LogP contribution in [0.25, 0.3) is 10.8 Å². The molecular formula is C21H18N4OS. The van der Waals surface area contributed by atoms with Gasteiger partial charge in [-0.15, -0.1) is 11.3 Å². The average molecular weight is 374 g/mol. The maximum Gasteiger partial charge on any atom is 0.205 e. The monoisotopic (exact) mass is 374 g/mol. The molecule has 0 radical (unpaired) electrons. The third-order valence-corrected chi connectivity index (χ3v) is 4.79. The van der Waals surface area contributed by atoms with Crippen LogP contribution in [0.5, 0.6) is 5.75 Å². The third-order valence-electron chi connectivity index (χ3n) is 4.03. The minimum absolute atomic E-state index is 0.488. The van der Waals surface area contributed by atoms with Crippen molar-refractivity contribution in [1.82, 2.24) is 4.98 Å². The molecule has 0 saturated heterocycles. The topological polar surface area (TPSA) is 72.5 Å². The van der Waals surface area contributed by atoms with Gasteiger partial charge in [-0.05, 0) is 34.0 Å². The van der Waals surface area contributed by atoms with Crippen molar-refractivity contribution in [3.05, 3.63) is 83.2 Å². The highest BCUT2D eigenvalue weighted by Gasteiger charge is 2.02. The number of aromatic nitrogens is 1. The van der Waals surface area contributed by atoms with Crippen molar-refractivity contribution >= 4 is 39.3 Å². The number of hydrazone groups is 1. The minimum Gasteiger partial charge on any atom is -0.489 e. The first-order valence-electron chi connectivity index (χ1n) is 8.47. The second kappa shape index (κ2) is 7.88. The molecule has 4 aromatic rings. The summed E-state index contributed by atoms with van der Waals surface area (Å²) in [6, 6.07) is 22.4. The Morgan fingerprint density at radius 3 is 2.81 bits per heavy atom. The van der Waals surface area contributed by atoms with Crippen LogP contribution in [0.15, 0.2) is 77.2 Å². The summed E-state index contributed by atoms with van der Waals surface area (Å²) in [6.45, 7) is 0.512. The Labute approximate surface area is 161 Å². The van der Waals surface area contributed by atoms with E-state index in [0.717, 1.165) is 16.9 Å². The van der Waals surface area contributed by atoms with Gasteiger partial charge in [0.15, 0.2) is 0 Å². The molecule has 0 bridgehead atoms. The summed E-state index contributed by atoms with van der Waals surface area (Å²) in [5.41, 5.74) is 10.6. The molecule has 6 heteroatoms. The lowest BCUT2D eigenvalue weighted by Crippen LogP contribution is -1.97. The summed E-state index contributed by atoms with van der Waals surface area (Å²) >= 11 is 1.41. The Kier molecular flexibility index (Phi) is 4.98. The summed E-state index contributed by atoms with van der Waals surface area (Å²) in [5.74, 6) is 1.28. The Bertz CT molecular complexity index is 1080. The second-order valence-corrected chi connectivity index (χ2v) is 6.81. The number of anilines is 2. The number of thiazole rings is 1. The van der Waals surface area contributed by atoms with Crippen LogP contribution in [0.1, 0.15) is 11.1 Å². The molecule has 1 aromatic heterocycles. The number of nitrogens with zero attached hydrogens (tertiary/aromatic N) is 2. The van der Waals surface area contributed by atoms with Gasteiger partial charge in [0, 0.05) is 5.38 Å². The average Bonchev–Trinajstić information content (AvgIpc) is 3.12. The number of ether oxygens (including phenoxy) is 1. The summed E-state index contributed by atoms with van der Waals surface area (Å²) < 4.78 is 6.00. The van der Waals surface area contributed by atoms with Crippen LogP contribution in [-0.2, 0) is 6.61 Å². The fourth-order valence-electron chi connectivity index (χ4n) is 2.76. The fraction of sp³-hybridized carbons (Fsp3) is 0.0476. The molecule has 0 saturated carbocycles. The molecule has 0 unspecified atom stereocenters. The van der Waals surface area contributed by atoms with Crippen LogP contribution in [0.4, 0.5) is 10.9 Å². The Morgan fingerprint density at radius 1 is 1.07 bits per heavy atom. The highest BCUT2D eigenvalue weighted by molar-refractivity contribution is 7.14. The van der Waals surface area contributed by atoms with E-state index in [1.165, 1.54) is 22.1 Å². The first-order valence-corrected chi connectivity index (χ1v) is 9.35. The van der Waals surface area contributed by atoms with Gasteiger partial charge in [-0.2, -0.15) is 5.10 Å². The molecular weight excluding hydrogens is 356 g/mol. The lowest BCUT2D eigenvalue weighted by molar-refractivity contribution is 0.307. The van der Waals surface area contributed by atoms with Crippen LogP contribution in [0, 0.1) is 0 Å². The van der Waals surface area contributed by atoms with Gasteiger partial charge in [0.05, 0.1) is 6.21 Å². The fourth-order valence-corrected chi connectivity index (χ4v) is 3.31. The third kappa shape index (κ3) is 4.24. The van der Waals surface area contributed by atoms with Crippen molar-refractivity contribution in [1.29, 1.82) is 0 Å². The largest absolute Gasteiger partial charge is 0.489 e. The first kappa shape index (κ1) is 17.1. The molecule has 5 nitrogen and oxygen atoms in total. The maximum atomic E-state index is 6.00. The molecule has 0 amide bonds. The van der Waals surface area contributed by atoms with Crippen LogP contribution in [0.2, 0.25) is 0 Å². The predicted octanol–water partition coefficient (Wildman–Crippen LogP) is 4.90. The van der Waals surface area contributed by atoms with Crippen molar-refractivity contribution in [2.45, 2.75) is 6.61 Å². The van der Waals surface area contributed by atoms with Gasteiger partial charge in [0.1, 0.15) is 18.2 Å². The quantitative estimate of drug-likeness (QED) is 0.372. The van der Waals surface area contributed by atoms with Gasteiger partial charge >= 0.3 is 0 Å². The van der Waals surface area contributed by atoms with Gasteiger partial charge in [0.25, 0.3) is 0 Å². The van der Waals surface area contributed by atoms with Gasteiger partial charge in [-0.25, -0.2) is 4.98 Å². The van der Waals surface area contributed by atoms with Crippen molar-refractivity contribution < 1.29 is 4.74 Å². The molecule has 3 N–H and O–H groups in total. The molecule has 0 fully saturated rings. The Hall–Kier alpha value is -3.38. The van der Waals surface area contributed by atoms with Crippen molar-refractivity contribution in [2.75, 3.05) is 11.2 Å². The lowest BCUT2D eigenvalue weighted by atomic mass is 10.1. The van der Waals surface area contributed by atoms with E-state index in [-0.39, 0.29) is 0 Å². The van der Waals surface area contributed by atoms with E-state index in [9.17, 15) is 0 Å². The second-order valence-electron chi connectivity index (χ2n) is 5.95. The highest BCUT2D eigenvalue weighted by Crippen LogP contribution is 2.21. The van der Waals surface area contributed by atoms with Crippen LogP contribution in [-0.4, -0.2) is 11.2 Å². The molecule has 3 aromatic carbocycles. The summed E-state index contributed by atoms with van der Waals surface area (Å²) in [5, 5.41) is 9.04. The van der Waals surface area contributed by atoms with E-state index in [4.69, 9.17) is 10.5 Å². The van der Waals surface area contributed by atoms with E-state index in [1.54, 1.807) is 11.6 Å². The number of hydrogen-bond donors (Lipinski definition) is 2. The maximum absolute atomic E-state index is 6.00. The zero-order valence-electron chi connectivity index (χ0n) is 14.5. The smallest absolute Gasteiger partial charge is 0.205 e. The number of fused-ring (bicyclic) bond motifs is 1. The highest BCUT2D eigenvalue weighted by atomic mass is 32.1. The standard InChI is InChI=1S/C21H18N4OS/c22-20-14-27-21(24-20)25-23-12-15-5-3-9-18(11-15)26-13-17-8-4-7-16-6-1-2-10-19(16)17/h1-12,14H,13,22H2,(H,24,25). The summed E-state index contributed by atoms with van der Waals surface area (Å²) in [4.78, 5) is 4.09. The molecule has 134 valence electrons. The Balaban J connectivity index is 1.43. The van der Waals surface area contributed by atoms with Crippen molar-refractivity contribution in [3.63, 3.8) is 0 Å². The molecule has 0 spiro atoms. The van der Waals surface area contributed by atoms with E-state index in [2.05, 4.69) is 45.8 Å². The molecule has 27 heavy (non-hydrogen) atoms. The number of nitrogens with two attached hydrogens (primary N) is 1. The van der Waals surface area contributed by atoms with E-state index < -0.39 is 0 Å². The van der Waals surface area contributed by atoms with E-state index in [0.29, 0.717) is 17.6 Å². The number of nitrogens with one attached hydrogen (secondary N) is 1. The van der Waals surface area contributed by atoms with Crippen LogP contribution in [0.3, 0.4) is 0 Å². The summed E-state index contributed by atoms with van der Waals surface area (Å²) in [6.07, 6.45) is 1.72. The van der Waals surface area contributed by atoms with Crippen molar-refractivity contribution in [2.24, 2.45) is 5.10 Å². The lowest BCUT2D eigenvalue weighted by Gasteiger charge is -2.09. The molecule has 0 aliphatic heterocycles. The number of nitrogen functional groups attached to an aromatic ring is 1. The van der Waals surface area contributed by atoms with Gasteiger partial charge in [0.2, 0.25) is 5.13 Å². The first-order chi connectivity index (χ1) is 13.3. The Morgan fingerprint density at radius 2 is 1.93 bits per heavy atom. The van der Waals surface area contributed by atoms with E-state index >= 15 is 0 Å². The SMILES string of the molecule is Nc1csc(NN=Cc2cccc(OCc3cccc4ccccc34)c2)n1. The van der Waals surface area contributed by atoms with Gasteiger partial charge < -0.3 is 10.5 Å². The van der Waals surface area contributed by atoms with Gasteiger partial charge in [-0.1, -0.05) is 54.6 Å². The van der Waals surface area contributed by atoms with Crippen LogP contribution >= 0.6 is 11.3 Å². The number of rotatable bonds is 6. The zero-order chi connectivity index (χ0) is 18.5.